The minimum Gasteiger partial charge on any atom is -0.486 e. The molecule has 1 nitrogen and oxygen atoms in total. The third-order valence-corrected chi connectivity index (χ3v) is 3.05. The van der Waals surface area contributed by atoms with E-state index in [4.69, 9.17) is 27.9 Å². The van der Waals surface area contributed by atoms with Gasteiger partial charge in [0.1, 0.15) is 0 Å². The lowest BCUT2D eigenvalue weighted by molar-refractivity contribution is 0.201. The Balaban J connectivity index is 2.19. The molecule has 0 unspecified atom stereocenters. The van der Waals surface area contributed by atoms with Crippen LogP contribution >= 0.6 is 23.2 Å². The highest BCUT2D eigenvalue weighted by atomic mass is 35.5. The van der Waals surface area contributed by atoms with Crippen molar-refractivity contribution < 1.29 is 9.13 Å². The highest BCUT2D eigenvalue weighted by molar-refractivity contribution is 6.35. The summed E-state index contributed by atoms with van der Waals surface area (Å²) >= 11 is 11.5. The molecule has 0 N–H and O–H groups in total. The highest BCUT2D eigenvalue weighted by Gasteiger charge is 2.20. The zero-order valence-electron chi connectivity index (χ0n) is 8.10. The van der Waals surface area contributed by atoms with E-state index in [1.54, 1.807) is 0 Å². The third-order valence-electron chi connectivity index (χ3n) is 2.55. The van der Waals surface area contributed by atoms with Gasteiger partial charge in [0.05, 0.1) is 11.1 Å². The zero-order chi connectivity index (χ0) is 10.8. The molecular weight excluding hydrogens is 238 g/mol. The average Bonchev–Trinajstić information content (AvgIpc) is 2.63. The normalized spacial score (nSPS) is 17.0. The Morgan fingerprint density at radius 1 is 1.20 bits per heavy atom. The molecule has 82 valence electrons. The summed E-state index contributed by atoms with van der Waals surface area (Å²) in [4.78, 5) is 0. The van der Waals surface area contributed by atoms with E-state index in [1.165, 1.54) is 12.1 Å². The Morgan fingerprint density at radius 2 is 1.87 bits per heavy atom. The second-order valence-corrected chi connectivity index (χ2v) is 4.57. The first-order valence-corrected chi connectivity index (χ1v) is 5.73. The molecule has 0 aromatic heterocycles. The summed E-state index contributed by atoms with van der Waals surface area (Å²) in [7, 11) is 0. The summed E-state index contributed by atoms with van der Waals surface area (Å²) in [5.41, 5.74) is 0. The molecule has 2 rings (SSSR count). The van der Waals surface area contributed by atoms with Crippen molar-refractivity contribution in [2.45, 2.75) is 31.8 Å². The molecule has 0 spiro atoms. The first-order valence-electron chi connectivity index (χ1n) is 4.98. The van der Waals surface area contributed by atoms with Gasteiger partial charge in [0, 0.05) is 5.02 Å². The predicted molar refractivity (Wildman–Crippen MR) is 59.3 cm³/mol. The number of halogens is 3. The van der Waals surface area contributed by atoms with E-state index >= 15 is 0 Å². The van der Waals surface area contributed by atoms with Gasteiger partial charge < -0.3 is 4.74 Å². The van der Waals surface area contributed by atoms with Crippen molar-refractivity contribution in [2.24, 2.45) is 0 Å². The highest BCUT2D eigenvalue weighted by Crippen LogP contribution is 2.34. The fourth-order valence-corrected chi connectivity index (χ4v) is 2.33. The number of ether oxygens (including phenoxy) is 1. The maximum Gasteiger partial charge on any atom is 0.174 e. The molecule has 0 heterocycles. The Hall–Kier alpha value is -0.470. The zero-order valence-corrected chi connectivity index (χ0v) is 9.61. The lowest BCUT2D eigenvalue weighted by Gasteiger charge is -2.14. The second kappa shape index (κ2) is 4.58. The number of rotatable bonds is 2. The third kappa shape index (κ3) is 2.56. The van der Waals surface area contributed by atoms with Crippen LogP contribution in [0.3, 0.4) is 0 Å². The predicted octanol–water partition coefficient (Wildman–Crippen LogP) is 4.45. The summed E-state index contributed by atoms with van der Waals surface area (Å²) < 4.78 is 19.0. The van der Waals surface area contributed by atoms with E-state index in [0.717, 1.165) is 25.7 Å². The molecule has 0 amide bonds. The first kappa shape index (κ1) is 11.0. The van der Waals surface area contributed by atoms with Crippen molar-refractivity contribution in [1.29, 1.82) is 0 Å². The van der Waals surface area contributed by atoms with Crippen molar-refractivity contribution >= 4 is 23.2 Å². The molecule has 1 aromatic rings. The quantitative estimate of drug-likeness (QED) is 0.752. The molecule has 1 saturated carbocycles. The van der Waals surface area contributed by atoms with E-state index in [9.17, 15) is 4.39 Å². The fourth-order valence-electron chi connectivity index (χ4n) is 1.81. The lowest BCUT2D eigenvalue weighted by atomic mass is 10.3. The van der Waals surface area contributed by atoms with Gasteiger partial charge in [-0.3, -0.25) is 0 Å². The summed E-state index contributed by atoms with van der Waals surface area (Å²) in [6.07, 6.45) is 4.31. The topological polar surface area (TPSA) is 9.23 Å². The standard InChI is InChI=1S/C11H11Cl2FO/c12-7-5-9(13)11(10(14)6-7)15-8-3-1-2-4-8/h5-6,8H,1-4H2. The monoisotopic (exact) mass is 248 g/mol. The van der Waals surface area contributed by atoms with E-state index in [2.05, 4.69) is 0 Å². The summed E-state index contributed by atoms with van der Waals surface area (Å²) in [6.45, 7) is 0. The van der Waals surface area contributed by atoms with Gasteiger partial charge >= 0.3 is 0 Å². The van der Waals surface area contributed by atoms with Gasteiger partial charge in [-0.2, -0.15) is 0 Å². The number of hydrogen-bond acceptors (Lipinski definition) is 1. The van der Waals surface area contributed by atoms with Crippen LogP contribution in [0.15, 0.2) is 12.1 Å². The van der Waals surface area contributed by atoms with Gasteiger partial charge in [-0.05, 0) is 37.8 Å². The molecule has 0 saturated heterocycles. The molecule has 1 aliphatic carbocycles. The van der Waals surface area contributed by atoms with Crippen LogP contribution in [0, 0.1) is 5.82 Å². The first-order chi connectivity index (χ1) is 7.16. The Kier molecular flexibility index (Phi) is 3.37. The van der Waals surface area contributed by atoms with Crippen LogP contribution in [0.1, 0.15) is 25.7 Å². The fraction of sp³-hybridized carbons (Fsp3) is 0.455. The largest absolute Gasteiger partial charge is 0.486 e. The van der Waals surface area contributed by atoms with Crippen molar-refractivity contribution in [1.82, 2.24) is 0 Å². The average molecular weight is 249 g/mol. The molecule has 1 fully saturated rings. The van der Waals surface area contributed by atoms with Crippen molar-refractivity contribution in [3.63, 3.8) is 0 Å². The van der Waals surface area contributed by atoms with Crippen LogP contribution in [0.5, 0.6) is 5.75 Å². The molecule has 15 heavy (non-hydrogen) atoms. The summed E-state index contributed by atoms with van der Waals surface area (Å²) in [6, 6.07) is 2.72. The van der Waals surface area contributed by atoms with Gasteiger partial charge in [-0.15, -0.1) is 0 Å². The smallest absolute Gasteiger partial charge is 0.174 e. The molecule has 0 aliphatic heterocycles. The maximum absolute atomic E-state index is 13.5. The van der Waals surface area contributed by atoms with Crippen LogP contribution in [-0.2, 0) is 0 Å². The van der Waals surface area contributed by atoms with Gasteiger partial charge in [0.2, 0.25) is 0 Å². The van der Waals surface area contributed by atoms with Crippen molar-refractivity contribution in [3.8, 4) is 5.75 Å². The van der Waals surface area contributed by atoms with Crippen LogP contribution in [-0.4, -0.2) is 6.10 Å². The molecule has 0 radical (unpaired) electrons. The second-order valence-electron chi connectivity index (χ2n) is 3.72. The van der Waals surface area contributed by atoms with E-state index in [-0.39, 0.29) is 21.9 Å². The molecule has 1 aliphatic rings. The molecule has 4 heteroatoms. The van der Waals surface area contributed by atoms with Crippen LogP contribution < -0.4 is 4.74 Å². The molecular formula is C11H11Cl2FO. The lowest BCUT2D eigenvalue weighted by Crippen LogP contribution is -2.12. The Labute approximate surface area is 98.1 Å². The van der Waals surface area contributed by atoms with Gasteiger partial charge in [0.25, 0.3) is 0 Å². The van der Waals surface area contributed by atoms with Gasteiger partial charge in [0.15, 0.2) is 11.6 Å². The number of benzene rings is 1. The van der Waals surface area contributed by atoms with Crippen LogP contribution in [0.4, 0.5) is 4.39 Å². The summed E-state index contributed by atoms with van der Waals surface area (Å²) in [5, 5.41) is 0.531. The minimum absolute atomic E-state index is 0.0955. The van der Waals surface area contributed by atoms with E-state index in [0.29, 0.717) is 0 Å². The minimum atomic E-state index is -0.487. The van der Waals surface area contributed by atoms with E-state index < -0.39 is 5.82 Å². The van der Waals surface area contributed by atoms with E-state index in [1.807, 2.05) is 0 Å². The van der Waals surface area contributed by atoms with Crippen LogP contribution in [0.2, 0.25) is 10.0 Å². The summed E-state index contributed by atoms with van der Waals surface area (Å²) in [5.74, 6) is -0.354. The Bertz CT molecular complexity index is 339. The molecule has 0 bridgehead atoms. The van der Waals surface area contributed by atoms with Crippen molar-refractivity contribution in [3.05, 3.63) is 28.0 Å². The van der Waals surface area contributed by atoms with Crippen LogP contribution in [0.25, 0.3) is 0 Å². The molecule has 0 atom stereocenters. The van der Waals surface area contributed by atoms with Gasteiger partial charge in [-0.1, -0.05) is 23.2 Å². The maximum atomic E-state index is 13.5. The molecule has 1 aromatic carbocycles. The van der Waals surface area contributed by atoms with Gasteiger partial charge in [-0.25, -0.2) is 4.39 Å². The number of hydrogen-bond donors (Lipinski definition) is 0. The van der Waals surface area contributed by atoms with Crippen molar-refractivity contribution in [2.75, 3.05) is 0 Å². The SMILES string of the molecule is Fc1cc(Cl)cc(Cl)c1OC1CCCC1. The Morgan fingerprint density at radius 3 is 2.47 bits per heavy atom.